The molecule has 17 heavy (non-hydrogen) atoms. The summed E-state index contributed by atoms with van der Waals surface area (Å²) in [6.07, 6.45) is 6.14. The number of carbonyl (C=O) groups excluding carboxylic acids is 2. The molecule has 0 unspecified atom stereocenters. The van der Waals surface area contributed by atoms with E-state index in [0.717, 1.165) is 18.4 Å². The first-order valence-corrected chi connectivity index (χ1v) is 5.87. The Balaban J connectivity index is 2.02. The average molecular weight is 234 g/mol. The van der Waals surface area contributed by atoms with E-state index >= 15 is 0 Å². The summed E-state index contributed by atoms with van der Waals surface area (Å²) in [6, 6.07) is 0. The second-order valence-electron chi connectivity index (χ2n) is 5.18. The highest BCUT2D eigenvalue weighted by atomic mass is 16.7. The molecule has 0 aromatic heterocycles. The minimum atomic E-state index is -1.15. The largest absolute Gasteiger partial charge is 0.419 e. The quantitative estimate of drug-likeness (QED) is 0.277. The number of rotatable bonds is 0. The molecule has 4 heteroatoms. The van der Waals surface area contributed by atoms with Gasteiger partial charge in [-0.05, 0) is 30.3 Å². The first-order chi connectivity index (χ1) is 7.98. The van der Waals surface area contributed by atoms with Gasteiger partial charge in [-0.15, -0.1) is 0 Å². The standard InChI is InChI=1S/C13H14O4/c1-13(2)16-11(14)10(12(15)17-13)9-7-3-4-8(9)6-5-7/h3-4,7-8H,5-6H2,1-2H3/t7-,8+. The van der Waals surface area contributed by atoms with E-state index in [4.69, 9.17) is 9.47 Å². The van der Waals surface area contributed by atoms with Crippen LogP contribution in [-0.2, 0) is 19.1 Å². The molecule has 90 valence electrons. The van der Waals surface area contributed by atoms with Gasteiger partial charge < -0.3 is 9.47 Å². The molecule has 2 atom stereocenters. The number of allylic oxidation sites excluding steroid dienone is 3. The van der Waals surface area contributed by atoms with Gasteiger partial charge in [0.25, 0.3) is 5.79 Å². The van der Waals surface area contributed by atoms with Gasteiger partial charge in [0.2, 0.25) is 0 Å². The van der Waals surface area contributed by atoms with Crippen molar-refractivity contribution in [2.75, 3.05) is 0 Å². The Hall–Kier alpha value is -1.58. The maximum atomic E-state index is 11.9. The Morgan fingerprint density at radius 1 is 1.06 bits per heavy atom. The van der Waals surface area contributed by atoms with E-state index in [2.05, 4.69) is 12.2 Å². The van der Waals surface area contributed by atoms with Gasteiger partial charge in [-0.25, -0.2) is 9.59 Å². The SMILES string of the molecule is CC1(C)OC(=O)C(=C2[C@@H]3C=C[C@H]2CC3)C(=O)O1. The fourth-order valence-electron chi connectivity index (χ4n) is 2.87. The first kappa shape index (κ1) is 10.6. The molecule has 4 nitrogen and oxygen atoms in total. The number of ether oxygens (including phenoxy) is 2. The number of fused-ring (bicyclic) bond motifs is 2. The van der Waals surface area contributed by atoms with Gasteiger partial charge in [-0.2, -0.15) is 0 Å². The number of esters is 2. The summed E-state index contributed by atoms with van der Waals surface area (Å²) < 4.78 is 10.3. The summed E-state index contributed by atoms with van der Waals surface area (Å²) in [7, 11) is 0. The van der Waals surface area contributed by atoms with E-state index in [-0.39, 0.29) is 17.4 Å². The zero-order chi connectivity index (χ0) is 12.2. The van der Waals surface area contributed by atoms with Crippen molar-refractivity contribution in [3.05, 3.63) is 23.3 Å². The summed E-state index contributed by atoms with van der Waals surface area (Å²) in [6.45, 7) is 3.12. The van der Waals surface area contributed by atoms with Gasteiger partial charge in [-0.3, -0.25) is 0 Å². The number of hydrogen-bond donors (Lipinski definition) is 0. The molecule has 3 rings (SSSR count). The van der Waals surface area contributed by atoms with Crippen molar-refractivity contribution in [3.63, 3.8) is 0 Å². The Labute approximate surface area is 99.3 Å². The molecule has 2 aliphatic carbocycles. The monoisotopic (exact) mass is 234 g/mol. The Bertz CT molecular complexity index is 432. The predicted molar refractivity (Wildman–Crippen MR) is 58.6 cm³/mol. The van der Waals surface area contributed by atoms with Crippen molar-refractivity contribution in [2.24, 2.45) is 11.8 Å². The highest BCUT2D eigenvalue weighted by Gasteiger charge is 2.45. The van der Waals surface area contributed by atoms with Gasteiger partial charge in [0.15, 0.2) is 0 Å². The third-order valence-corrected chi connectivity index (χ3v) is 3.54. The van der Waals surface area contributed by atoms with Crippen molar-refractivity contribution in [1.82, 2.24) is 0 Å². The van der Waals surface area contributed by atoms with Crippen molar-refractivity contribution in [2.45, 2.75) is 32.5 Å². The summed E-state index contributed by atoms with van der Waals surface area (Å²) in [4.78, 5) is 23.8. The van der Waals surface area contributed by atoms with Crippen LogP contribution in [0, 0.1) is 11.8 Å². The summed E-state index contributed by atoms with van der Waals surface area (Å²) >= 11 is 0. The van der Waals surface area contributed by atoms with Gasteiger partial charge in [-0.1, -0.05) is 12.2 Å². The van der Waals surface area contributed by atoms with Gasteiger partial charge in [0.05, 0.1) is 0 Å². The lowest BCUT2D eigenvalue weighted by Gasteiger charge is -2.31. The van der Waals surface area contributed by atoms with Crippen LogP contribution in [0.2, 0.25) is 0 Å². The second-order valence-corrected chi connectivity index (χ2v) is 5.18. The van der Waals surface area contributed by atoms with Gasteiger partial charge in [0.1, 0.15) is 5.57 Å². The summed E-state index contributed by atoms with van der Waals surface area (Å²) in [5.41, 5.74) is 1.03. The van der Waals surface area contributed by atoms with Crippen LogP contribution in [-0.4, -0.2) is 17.7 Å². The van der Waals surface area contributed by atoms with Gasteiger partial charge in [0, 0.05) is 13.8 Å². The van der Waals surface area contributed by atoms with Crippen LogP contribution in [0.5, 0.6) is 0 Å². The number of carbonyl (C=O) groups is 2. The molecule has 1 saturated carbocycles. The lowest BCUT2D eigenvalue weighted by Crippen LogP contribution is -2.42. The Kier molecular flexibility index (Phi) is 2.00. The van der Waals surface area contributed by atoms with Gasteiger partial charge >= 0.3 is 11.9 Å². The molecular formula is C13H14O4. The smallest absolute Gasteiger partial charge is 0.348 e. The molecule has 3 aliphatic rings. The molecule has 0 N–H and O–H groups in total. The van der Waals surface area contributed by atoms with E-state index in [1.807, 2.05) is 0 Å². The topological polar surface area (TPSA) is 52.6 Å². The van der Waals surface area contributed by atoms with E-state index < -0.39 is 17.7 Å². The number of hydrogen-bond acceptors (Lipinski definition) is 4. The molecule has 2 bridgehead atoms. The predicted octanol–water partition coefficient (Wildman–Crippen LogP) is 1.72. The van der Waals surface area contributed by atoms with Crippen LogP contribution in [0.15, 0.2) is 23.3 Å². The normalized spacial score (nSPS) is 34.0. The average Bonchev–Trinajstić information content (AvgIpc) is 2.75. The molecular weight excluding hydrogens is 220 g/mol. The van der Waals surface area contributed by atoms with E-state index in [1.54, 1.807) is 13.8 Å². The van der Waals surface area contributed by atoms with E-state index in [9.17, 15) is 9.59 Å². The summed E-state index contributed by atoms with van der Waals surface area (Å²) in [5.74, 6) is -1.79. The van der Waals surface area contributed by atoms with Crippen LogP contribution in [0.4, 0.5) is 0 Å². The molecule has 2 fully saturated rings. The molecule has 0 aromatic carbocycles. The third kappa shape index (κ3) is 1.51. The molecule has 1 saturated heterocycles. The molecule has 0 aromatic rings. The minimum absolute atomic E-state index is 0.127. The summed E-state index contributed by atoms with van der Waals surface area (Å²) in [5, 5.41) is 0. The van der Waals surface area contributed by atoms with Crippen LogP contribution >= 0.6 is 0 Å². The molecule has 0 spiro atoms. The van der Waals surface area contributed by atoms with Crippen LogP contribution in [0.3, 0.4) is 0 Å². The third-order valence-electron chi connectivity index (χ3n) is 3.54. The van der Waals surface area contributed by atoms with Crippen LogP contribution in [0.1, 0.15) is 26.7 Å². The maximum absolute atomic E-state index is 11.9. The zero-order valence-corrected chi connectivity index (χ0v) is 9.86. The van der Waals surface area contributed by atoms with Crippen molar-refractivity contribution in [3.8, 4) is 0 Å². The maximum Gasteiger partial charge on any atom is 0.348 e. The lowest BCUT2D eigenvalue weighted by molar-refractivity contribution is -0.222. The zero-order valence-electron chi connectivity index (χ0n) is 9.86. The molecule has 0 amide bonds. The van der Waals surface area contributed by atoms with E-state index in [0.29, 0.717) is 0 Å². The van der Waals surface area contributed by atoms with Crippen molar-refractivity contribution >= 4 is 11.9 Å². The van der Waals surface area contributed by atoms with E-state index in [1.165, 1.54) is 0 Å². The van der Waals surface area contributed by atoms with Crippen LogP contribution < -0.4 is 0 Å². The Morgan fingerprint density at radius 2 is 1.53 bits per heavy atom. The number of cyclic esters (lactones) is 2. The van der Waals surface area contributed by atoms with Crippen molar-refractivity contribution < 1.29 is 19.1 Å². The Morgan fingerprint density at radius 3 is 1.94 bits per heavy atom. The fourth-order valence-corrected chi connectivity index (χ4v) is 2.87. The second kappa shape index (κ2) is 3.22. The molecule has 1 heterocycles. The minimum Gasteiger partial charge on any atom is -0.419 e. The highest BCUT2D eigenvalue weighted by Crippen LogP contribution is 2.46. The lowest BCUT2D eigenvalue weighted by atomic mass is 9.97. The van der Waals surface area contributed by atoms with Crippen LogP contribution in [0.25, 0.3) is 0 Å². The van der Waals surface area contributed by atoms with Crippen molar-refractivity contribution in [1.29, 1.82) is 0 Å². The highest BCUT2D eigenvalue weighted by molar-refractivity contribution is 6.16. The molecule has 0 radical (unpaired) electrons. The first-order valence-electron chi connectivity index (χ1n) is 5.87. The fraction of sp³-hybridized carbons (Fsp3) is 0.538. The molecule has 1 aliphatic heterocycles.